The van der Waals surface area contributed by atoms with Crippen LogP contribution in [0.1, 0.15) is 30.0 Å². The molecule has 64 valence electrons. The zero-order valence-electron chi connectivity index (χ0n) is 7.66. The van der Waals surface area contributed by atoms with E-state index in [4.69, 9.17) is 0 Å². The van der Waals surface area contributed by atoms with Gasteiger partial charge in [0, 0.05) is 19.7 Å². The van der Waals surface area contributed by atoms with Gasteiger partial charge in [-0.3, -0.25) is 4.79 Å². The number of rotatable bonds is 2. The van der Waals surface area contributed by atoms with Gasteiger partial charge < -0.3 is 4.57 Å². The number of Topliss-reactive ketones (excluding diaryl/α,β-unsaturated/α-hetero) is 1. The molecular formula is C10H13NO. The zero-order chi connectivity index (χ0) is 9.14. The molecule has 0 fully saturated rings. The van der Waals surface area contributed by atoms with Crippen LogP contribution in [0.15, 0.2) is 18.2 Å². The molecule has 1 aromatic rings. The van der Waals surface area contributed by atoms with E-state index in [0.717, 1.165) is 11.4 Å². The van der Waals surface area contributed by atoms with Crippen LogP contribution in [0, 0.1) is 0 Å². The molecule has 2 heteroatoms. The molecule has 0 N–H and O–H groups in total. The van der Waals surface area contributed by atoms with Gasteiger partial charge in [-0.1, -0.05) is 6.08 Å². The topological polar surface area (TPSA) is 22.0 Å². The first kappa shape index (κ1) is 8.78. The number of nitrogens with zero attached hydrogens (tertiary/aromatic N) is 1. The van der Waals surface area contributed by atoms with Crippen LogP contribution in [-0.4, -0.2) is 10.4 Å². The summed E-state index contributed by atoms with van der Waals surface area (Å²) < 4.78 is 1.89. The Hall–Kier alpha value is -1.31. The van der Waals surface area contributed by atoms with E-state index >= 15 is 0 Å². The molecule has 1 heterocycles. The van der Waals surface area contributed by atoms with Gasteiger partial charge >= 0.3 is 0 Å². The fourth-order valence-corrected chi connectivity index (χ4v) is 1.22. The Morgan fingerprint density at radius 3 is 2.58 bits per heavy atom. The predicted molar refractivity (Wildman–Crippen MR) is 50.1 cm³/mol. The number of hydrogen-bond acceptors (Lipinski definition) is 1. The third-order valence-corrected chi connectivity index (χ3v) is 1.86. The largest absolute Gasteiger partial charge is 0.342 e. The molecular weight excluding hydrogens is 150 g/mol. The molecule has 1 rings (SSSR count). The van der Waals surface area contributed by atoms with Gasteiger partial charge in [-0.15, -0.1) is 0 Å². The highest BCUT2D eigenvalue weighted by Crippen LogP contribution is 2.09. The Bertz CT molecular complexity index is 321. The van der Waals surface area contributed by atoms with E-state index in [1.807, 2.05) is 42.8 Å². The number of hydrogen-bond donors (Lipinski definition) is 0. The third-order valence-electron chi connectivity index (χ3n) is 1.86. The van der Waals surface area contributed by atoms with Gasteiger partial charge in [0.25, 0.3) is 0 Å². The number of aromatic nitrogens is 1. The second kappa shape index (κ2) is 3.39. The molecule has 0 aliphatic rings. The average molecular weight is 163 g/mol. The van der Waals surface area contributed by atoms with Gasteiger partial charge in [-0.25, -0.2) is 0 Å². The lowest BCUT2D eigenvalue weighted by Gasteiger charge is -2.00. The van der Waals surface area contributed by atoms with Crippen molar-refractivity contribution < 1.29 is 4.79 Å². The Morgan fingerprint density at radius 1 is 1.50 bits per heavy atom. The van der Waals surface area contributed by atoms with Crippen LogP contribution in [0.3, 0.4) is 0 Å². The maximum atomic E-state index is 11.0. The predicted octanol–water partition coefficient (Wildman–Crippen LogP) is 2.26. The van der Waals surface area contributed by atoms with Crippen molar-refractivity contribution >= 4 is 11.9 Å². The molecule has 0 spiro atoms. The minimum absolute atomic E-state index is 0.105. The quantitative estimate of drug-likeness (QED) is 0.613. The van der Waals surface area contributed by atoms with Crippen molar-refractivity contribution in [2.45, 2.75) is 13.8 Å². The molecule has 2 nitrogen and oxygen atoms in total. The minimum atomic E-state index is 0.105. The summed E-state index contributed by atoms with van der Waals surface area (Å²) in [5.74, 6) is 0.105. The van der Waals surface area contributed by atoms with Crippen LogP contribution in [-0.2, 0) is 7.05 Å². The SMILES string of the molecule is C/C=C/c1ccc(C(C)=O)n1C. The van der Waals surface area contributed by atoms with E-state index in [-0.39, 0.29) is 5.78 Å². The number of carbonyl (C=O) groups is 1. The second-order valence-electron chi connectivity index (χ2n) is 2.76. The van der Waals surface area contributed by atoms with Crippen molar-refractivity contribution in [1.29, 1.82) is 0 Å². The molecule has 0 aliphatic carbocycles. The van der Waals surface area contributed by atoms with E-state index in [1.54, 1.807) is 6.92 Å². The molecule has 0 aliphatic heterocycles. The molecule has 0 unspecified atom stereocenters. The van der Waals surface area contributed by atoms with Gasteiger partial charge in [0.05, 0.1) is 5.69 Å². The van der Waals surface area contributed by atoms with Crippen LogP contribution in [0.5, 0.6) is 0 Å². The lowest BCUT2D eigenvalue weighted by molar-refractivity contribution is 0.101. The summed E-state index contributed by atoms with van der Waals surface area (Å²) in [6, 6.07) is 3.79. The highest BCUT2D eigenvalue weighted by molar-refractivity contribution is 5.93. The van der Waals surface area contributed by atoms with Crippen LogP contribution in [0.2, 0.25) is 0 Å². The van der Waals surface area contributed by atoms with Crippen molar-refractivity contribution in [2.24, 2.45) is 7.05 Å². The van der Waals surface area contributed by atoms with Crippen molar-refractivity contribution in [2.75, 3.05) is 0 Å². The Kier molecular flexibility index (Phi) is 2.48. The van der Waals surface area contributed by atoms with Crippen molar-refractivity contribution in [1.82, 2.24) is 4.57 Å². The van der Waals surface area contributed by atoms with Crippen molar-refractivity contribution in [3.05, 3.63) is 29.6 Å². The van der Waals surface area contributed by atoms with Crippen LogP contribution < -0.4 is 0 Å². The normalized spacial score (nSPS) is 10.9. The summed E-state index contributed by atoms with van der Waals surface area (Å²) in [6.07, 6.45) is 3.94. The van der Waals surface area contributed by atoms with Crippen LogP contribution >= 0.6 is 0 Å². The molecule has 0 saturated carbocycles. The van der Waals surface area contributed by atoms with Gasteiger partial charge in [-0.05, 0) is 25.1 Å². The molecule has 0 bridgehead atoms. The first-order chi connectivity index (χ1) is 5.66. The summed E-state index contributed by atoms with van der Waals surface area (Å²) in [6.45, 7) is 3.54. The lowest BCUT2D eigenvalue weighted by atomic mass is 10.3. The first-order valence-corrected chi connectivity index (χ1v) is 3.96. The smallest absolute Gasteiger partial charge is 0.176 e. The minimum Gasteiger partial charge on any atom is -0.342 e. The van der Waals surface area contributed by atoms with Crippen LogP contribution in [0.4, 0.5) is 0 Å². The number of ketones is 1. The Morgan fingerprint density at radius 2 is 2.17 bits per heavy atom. The van der Waals surface area contributed by atoms with E-state index in [2.05, 4.69) is 0 Å². The molecule has 0 atom stereocenters. The maximum Gasteiger partial charge on any atom is 0.176 e. The molecule has 0 saturated heterocycles. The van der Waals surface area contributed by atoms with Gasteiger partial charge in [-0.2, -0.15) is 0 Å². The fourth-order valence-electron chi connectivity index (χ4n) is 1.22. The summed E-state index contributed by atoms with van der Waals surface area (Å²) >= 11 is 0. The molecule has 0 aromatic carbocycles. The summed E-state index contributed by atoms with van der Waals surface area (Å²) in [5, 5.41) is 0. The van der Waals surface area contributed by atoms with Gasteiger partial charge in [0.2, 0.25) is 0 Å². The molecule has 0 amide bonds. The number of allylic oxidation sites excluding steroid dienone is 1. The van der Waals surface area contributed by atoms with E-state index in [0.29, 0.717) is 0 Å². The monoisotopic (exact) mass is 163 g/mol. The summed E-state index contributed by atoms with van der Waals surface area (Å²) in [7, 11) is 1.89. The van der Waals surface area contributed by atoms with Gasteiger partial charge in [0.1, 0.15) is 0 Å². The standard InChI is InChI=1S/C10H13NO/c1-4-5-9-6-7-10(8(2)12)11(9)3/h4-7H,1-3H3/b5-4+. The zero-order valence-corrected chi connectivity index (χ0v) is 7.66. The summed E-state index contributed by atoms with van der Waals surface area (Å²) in [5.41, 5.74) is 1.81. The highest BCUT2D eigenvalue weighted by atomic mass is 16.1. The van der Waals surface area contributed by atoms with Gasteiger partial charge in [0.15, 0.2) is 5.78 Å². The molecule has 12 heavy (non-hydrogen) atoms. The fraction of sp³-hybridized carbons (Fsp3) is 0.300. The van der Waals surface area contributed by atoms with E-state index in [1.165, 1.54) is 0 Å². The first-order valence-electron chi connectivity index (χ1n) is 3.96. The summed E-state index contributed by atoms with van der Waals surface area (Å²) in [4.78, 5) is 11.0. The average Bonchev–Trinajstić information content (AvgIpc) is 2.34. The second-order valence-corrected chi connectivity index (χ2v) is 2.76. The Labute approximate surface area is 72.5 Å². The van der Waals surface area contributed by atoms with E-state index in [9.17, 15) is 4.79 Å². The third kappa shape index (κ3) is 1.47. The van der Waals surface area contributed by atoms with Crippen LogP contribution in [0.25, 0.3) is 6.08 Å². The lowest BCUT2D eigenvalue weighted by Crippen LogP contribution is -2.02. The van der Waals surface area contributed by atoms with Crippen molar-refractivity contribution in [3.8, 4) is 0 Å². The van der Waals surface area contributed by atoms with Crippen molar-refractivity contribution in [3.63, 3.8) is 0 Å². The maximum absolute atomic E-state index is 11.0. The number of carbonyl (C=O) groups excluding carboxylic acids is 1. The molecule has 1 aromatic heterocycles. The molecule has 0 radical (unpaired) electrons. The van der Waals surface area contributed by atoms with E-state index < -0.39 is 0 Å². The Balaban J connectivity index is 3.12. The highest BCUT2D eigenvalue weighted by Gasteiger charge is 2.05.